The lowest BCUT2D eigenvalue weighted by molar-refractivity contribution is -0.138. The number of hydrogen-bond donors (Lipinski definition) is 2. The second-order valence-corrected chi connectivity index (χ2v) is 4.51. The van der Waals surface area contributed by atoms with Gasteiger partial charge in [0.25, 0.3) is 0 Å². The Morgan fingerprint density at radius 2 is 2.21 bits per heavy atom. The third-order valence-corrected chi connectivity index (χ3v) is 3.11. The van der Waals surface area contributed by atoms with Crippen molar-refractivity contribution in [3.63, 3.8) is 0 Å². The van der Waals surface area contributed by atoms with E-state index >= 15 is 0 Å². The van der Waals surface area contributed by atoms with Crippen LogP contribution in [0.1, 0.15) is 17.0 Å². The van der Waals surface area contributed by atoms with Crippen molar-refractivity contribution in [2.24, 2.45) is 5.92 Å². The number of morpholine rings is 1. The van der Waals surface area contributed by atoms with Crippen LogP contribution in [0.4, 0.5) is 0 Å². The number of aromatic nitrogens is 2. The van der Waals surface area contributed by atoms with E-state index in [0.717, 1.165) is 13.1 Å². The first-order chi connectivity index (χ1) is 9.16. The third-order valence-electron chi connectivity index (χ3n) is 3.11. The summed E-state index contributed by atoms with van der Waals surface area (Å²) >= 11 is 0. The lowest BCUT2D eigenvalue weighted by Crippen LogP contribution is -2.41. The molecule has 19 heavy (non-hydrogen) atoms. The number of rotatable bonds is 6. The van der Waals surface area contributed by atoms with E-state index in [9.17, 15) is 9.59 Å². The molecule has 1 saturated heterocycles. The molecule has 7 nitrogen and oxygen atoms in total. The van der Waals surface area contributed by atoms with Gasteiger partial charge in [0, 0.05) is 37.9 Å². The Balaban J connectivity index is 2.02. The Kier molecular flexibility index (Phi) is 4.64. The fourth-order valence-electron chi connectivity index (χ4n) is 2.14. The molecule has 7 heteroatoms. The van der Waals surface area contributed by atoms with Gasteiger partial charge in [0.1, 0.15) is 0 Å². The number of aromatic amines is 1. The molecule has 2 rings (SSSR count). The number of hydrogen-bond acceptors (Lipinski definition) is 5. The third kappa shape index (κ3) is 3.87. The summed E-state index contributed by atoms with van der Waals surface area (Å²) in [6.07, 6.45) is 2.86. The van der Waals surface area contributed by atoms with Gasteiger partial charge in [0.2, 0.25) is 5.78 Å². The number of ether oxygens (including phenoxy) is 1. The van der Waals surface area contributed by atoms with Gasteiger partial charge < -0.3 is 14.8 Å². The maximum Gasteiger partial charge on any atom is 0.304 e. The summed E-state index contributed by atoms with van der Waals surface area (Å²) in [7, 11) is 0. The molecule has 0 aromatic carbocycles. The molecule has 1 unspecified atom stereocenters. The van der Waals surface area contributed by atoms with E-state index in [0.29, 0.717) is 19.8 Å². The quantitative estimate of drug-likeness (QED) is 0.705. The highest BCUT2D eigenvalue weighted by molar-refractivity contribution is 5.96. The molecule has 1 aliphatic rings. The molecule has 0 spiro atoms. The summed E-state index contributed by atoms with van der Waals surface area (Å²) in [6, 6.07) is 0. The lowest BCUT2D eigenvalue weighted by Gasteiger charge is -2.29. The molecule has 0 amide bonds. The van der Waals surface area contributed by atoms with E-state index in [2.05, 4.69) is 14.9 Å². The van der Waals surface area contributed by atoms with E-state index < -0.39 is 11.9 Å². The first-order valence-corrected chi connectivity index (χ1v) is 6.22. The molecule has 1 fully saturated rings. The maximum absolute atomic E-state index is 12.2. The van der Waals surface area contributed by atoms with Crippen molar-refractivity contribution < 1.29 is 19.4 Å². The summed E-state index contributed by atoms with van der Waals surface area (Å²) < 4.78 is 5.23. The Hall–Kier alpha value is -1.73. The molecular formula is C12H17N3O4. The van der Waals surface area contributed by atoms with Gasteiger partial charge in [-0.2, -0.15) is 0 Å². The minimum Gasteiger partial charge on any atom is -0.481 e. The normalized spacial score (nSPS) is 18.1. The fraction of sp³-hybridized carbons (Fsp3) is 0.583. The number of aliphatic carboxylic acids is 1. The van der Waals surface area contributed by atoms with Gasteiger partial charge in [0.15, 0.2) is 5.82 Å². The number of H-pyrrole nitrogens is 1. The highest BCUT2D eigenvalue weighted by Gasteiger charge is 2.27. The van der Waals surface area contributed by atoms with Gasteiger partial charge in [-0.1, -0.05) is 0 Å². The molecule has 1 aromatic rings. The number of carbonyl (C=O) groups excluding carboxylic acids is 1. The lowest BCUT2D eigenvalue weighted by atomic mass is 9.98. The molecule has 104 valence electrons. The highest BCUT2D eigenvalue weighted by atomic mass is 16.5. The molecule has 2 N–H and O–H groups in total. The Labute approximate surface area is 110 Å². The standard InChI is InChI=1S/C12H17N3O4/c16-10(17)7-9(8-15-3-5-19-6-4-15)11(18)12-13-1-2-14-12/h1-2,9H,3-8H2,(H,13,14)(H,16,17). The van der Waals surface area contributed by atoms with Crippen LogP contribution >= 0.6 is 0 Å². The minimum absolute atomic E-state index is 0.184. The first-order valence-electron chi connectivity index (χ1n) is 6.22. The Morgan fingerprint density at radius 3 is 2.79 bits per heavy atom. The molecule has 0 aliphatic carbocycles. The molecule has 2 heterocycles. The number of nitrogens with one attached hydrogen (secondary N) is 1. The number of nitrogens with zero attached hydrogens (tertiary/aromatic N) is 2. The van der Waals surface area contributed by atoms with Crippen LogP contribution in [0.2, 0.25) is 0 Å². The van der Waals surface area contributed by atoms with Crippen molar-refractivity contribution in [3.05, 3.63) is 18.2 Å². The van der Waals surface area contributed by atoms with Crippen LogP contribution in [0.15, 0.2) is 12.4 Å². The Morgan fingerprint density at radius 1 is 1.47 bits per heavy atom. The largest absolute Gasteiger partial charge is 0.481 e. The molecule has 1 aliphatic heterocycles. The van der Waals surface area contributed by atoms with Crippen molar-refractivity contribution in [1.82, 2.24) is 14.9 Å². The number of carboxylic acid groups (broad SMARTS) is 1. The number of imidazole rings is 1. The van der Waals surface area contributed by atoms with Crippen LogP contribution in [0.25, 0.3) is 0 Å². The number of Topliss-reactive ketones (excluding diaryl/α,β-unsaturated/α-hetero) is 1. The van der Waals surface area contributed by atoms with E-state index in [1.54, 1.807) is 6.20 Å². The predicted molar refractivity (Wildman–Crippen MR) is 65.9 cm³/mol. The zero-order chi connectivity index (χ0) is 13.7. The van der Waals surface area contributed by atoms with Gasteiger partial charge in [-0.25, -0.2) is 4.98 Å². The van der Waals surface area contributed by atoms with Crippen LogP contribution < -0.4 is 0 Å². The number of carboxylic acids is 1. The van der Waals surface area contributed by atoms with Crippen molar-refractivity contribution in [2.45, 2.75) is 6.42 Å². The van der Waals surface area contributed by atoms with Crippen molar-refractivity contribution in [2.75, 3.05) is 32.8 Å². The summed E-state index contributed by atoms with van der Waals surface area (Å²) in [6.45, 7) is 3.11. The van der Waals surface area contributed by atoms with Crippen LogP contribution in [-0.4, -0.2) is 64.6 Å². The Bertz CT molecular complexity index is 426. The zero-order valence-corrected chi connectivity index (χ0v) is 10.5. The average molecular weight is 267 g/mol. The van der Waals surface area contributed by atoms with Crippen molar-refractivity contribution >= 4 is 11.8 Å². The van der Waals surface area contributed by atoms with Gasteiger partial charge in [-0.05, 0) is 0 Å². The fourth-order valence-corrected chi connectivity index (χ4v) is 2.14. The average Bonchev–Trinajstić information content (AvgIpc) is 2.91. The van der Waals surface area contributed by atoms with Crippen LogP contribution in [0.3, 0.4) is 0 Å². The number of ketones is 1. The zero-order valence-electron chi connectivity index (χ0n) is 10.5. The summed E-state index contributed by atoms with van der Waals surface area (Å²) in [5.41, 5.74) is 0. The molecule has 1 atom stereocenters. The summed E-state index contributed by atoms with van der Waals surface area (Å²) in [4.78, 5) is 31.8. The van der Waals surface area contributed by atoms with Gasteiger partial charge >= 0.3 is 5.97 Å². The SMILES string of the molecule is O=C(O)CC(CN1CCOCC1)C(=O)c1ncc[nH]1. The highest BCUT2D eigenvalue weighted by Crippen LogP contribution is 2.13. The van der Waals surface area contributed by atoms with Crippen LogP contribution in [0.5, 0.6) is 0 Å². The summed E-state index contributed by atoms with van der Waals surface area (Å²) in [5.74, 6) is -1.58. The van der Waals surface area contributed by atoms with Crippen LogP contribution in [-0.2, 0) is 9.53 Å². The van der Waals surface area contributed by atoms with E-state index in [1.165, 1.54) is 6.20 Å². The first kappa shape index (κ1) is 13.7. The monoisotopic (exact) mass is 267 g/mol. The smallest absolute Gasteiger partial charge is 0.304 e. The van der Waals surface area contributed by atoms with Gasteiger partial charge in [0.05, 0.1) is 19.6 Å². The van der Waals surface area contributed by atoms with E-state index in [-0.39, 0.29) is 18.0 Å². The molecule has 0 bridgehead atoms. The second-order valence-electron chi connectivity index (χ2n) is 4.51. The summed E-state index contributed by atoms with van der Waals surface area (Å²) in [5, 5.41) is 8.93. The van der Waals surface area contributed by atoms with Gasteiger partial charge in [-0.3, -0.25) is 14.5 Å². The number of carbonyl (C=O) groups is 2. The topological polar surface area (TPSA) is 95.5 Å². The van der Waals surface area contributed by atoms with Crippen LogP contribution in [0, 0.1) is 5.92 Å². The molecule has 0 radical (unpaired) electrons. The van der Waals surface area contributed by atoms with Crippen molar-refractivity contribution in [1.29, 1.82) is 0 Å². The van der Waals surface area contributed by atoms with Crippen molar-refractivity contribution in [3.8, 4) is 0 Å². The van der Waals surface area contributed by atoms with Gasteiger partial charge in [-0.15, -0.1) is 0 Å². The predicted octanol–water partition coefficient (Wildman–Crippen LogP) is 0.0155. The molecule has 0 saturated carbocycles. The van der Waals surface area contributed by atoms with E-state index in [1.807, 2.05) is 0 Å². The van der Waals surface area contributed by atoms with E-state index in [4.69, 9.17) is 9.84 Å². The molecular weight excluding hydrogens is 250 g/mol. The second kappa shape index (κ2) is 6.44. The minimum atomic E-state index is -0.974. The molecule has 1 aromatic heterocycles. The maximum atomic E-state index is 12.2.